The zero-order valence-corrected chi connectivity index (χ0v) is 14.7. The third-order valence-corrected chi connectivity index (χ3v) is 3.30. The smallest absolute Gasteiger partial charge is 0.308 e. The van der Waals surface area contributed by atoms with Crippen LogP contribution in [0, 0.1) is 0 Å². The second-order valence-corrected chi connectivity index (χ2v) is 6.83. The fourth-order valence-corrected chi connectivity index (χ4v) is 2.49. The Balaban J connectivity index is 2.92. The molecule has 0 saturated heterocycles. The summed E-state index contributed by atoms with van der Waals surface area (Å²) in [6.45, 7) is 8.57. The van der Waals surface area contributed by atoms with Crippen molar-refractivity contribution in [3.8, 4) is 0 Å². The normalized spacial score (nSPS) is 14.5. The van der Waals surface area contributed by atoms with Gasteiger partial charge in [0, 0.05) is 23.7 Å². The lowest BCUT2D eigenvalue weighted by Crippen LogP contribution is -2.46. The van der Waals surface area contributed by atoms with Gasteiger partial charge in [-0.05, 0) is 45.4 Å². The van der Waals surface area contributed by atoms with Gasteiger partial charge in [-0.2, -0.15) is 0 Å². The number of carbonyl (C=O) groups excluding carboxylic acids is 1. The van der Waals surface area contributed by atoms with Crippen LogP contribution >= 0.6 is 11.6 Å². The van der Waals surface area contributed by atoms with Crippen molar-refractivity contribution >= 4 is 17.6 Å². The molecule has 0 amide bonds. The Morgan fingerprint density at radius 1 is 1.36 bits per heavy atom. The molecule has 0 aliphatic rings. The SMILES string of the molecule is COCCC(=O)O[C@@H](c1cccc(Cl)c1)[C@H](C)NC(C)(C)C. The maximum atomic E-state index is 12.0. The fraction of sp³-hybridized carbons (Fsp3) is 0.588. The lowest BCUT2D eigenvalue weighted by atomic mass is 9.99. The number of hydrogen-bond donors (Lipinski definition) is 1. The van der Waals surface area contributed by atoms with Crippen LogP contribution in [-0.4, -0.2) is 31.3 Å². The highest BCUT2D eigenvalue weighted by molar-refractivity contribution is 6.30. The average Bonchev–Trinajstić information content (AvgIpc) is 2.40. The summed E-state index contributed by atoms with van der Waals surface area (Å²) in [5, 5.41) is 4.07. The highest BCUT2D eigenvalue weighted by Gasteiger charge is 2.26. The van der Waals surface area contributed by atoms with E-state index in [4.69, 9.17) is 21.1 Å². The van der Waals surface area contributed by atoms with Crippen LogP contribution in [0.15, 0.2) is 24.3 Å². The molecule has 0 aliphatic heterocycles. The Morgan fingerprint density at radius 3 is 2.59 bits per heavy atom. The number of halogens is 1. The van der Waals surface area contributed by atoms with Crippen LogP contribution in [0.25, 0.3) is 0 Å². The number of benzene rings is 1. The van der Waals surface area contributed by atoms with E-state index in [1.165, 1.54) is 0 Å². The van der Waals surface area contributed by atoms with Crippen LogP contribution in [-0.2, 0) is 14.3 Å². The van der Waals surface area contributed by atoms with E-state index in [9.17, 15) is 4.79 Å². The molecule has 0 unspecified atom stereocenters. The van der Waals surface area contributed by atoms with Crippen molar-refractivity contribution in [2.24, 2.45) is 0 Å². The molecule has 0 radical (unpaired) electrons. The number of ether oxygens (including phenoxy) is 2. The standard InChI is InChI=1S/C17H26ClNO3/c1-12(19-17(2,3)4)16(22-15(20)9-10-21-5)13-7-6-8-14(18)11-13/h6-8,11-12,16,19H,9-10H2,1-5H3/t12-,16+/m0/s1. The quantitative estimate of drug-likeness (QED) is 0.775. The van der Waals surface area contributed by atoms with Crippen LogP contribution in [0.1, 0.15) is 45.8 Å². The van der Waals surface area contributed by atoms with Crippen LogP contribution < -0.4 is 5.32 Å². The summed E-state index contributed by atoms with van der Waals surface area (Å²) in [5.41, 5.74) is 0.789. The van der Waals surface area contributed by atoms with E-state index in [1.54, 1.807) is 13.2 Å². The summed E-state index contributed by atoms with van der Waals surface area (Å²) in [6, 6.07) is 7.36. The van der Waals surface area contributed by atoms with Gasteiger partial charge in [0.1, 0.15) is 6.10 Å². The molecule has 22 heavy (non-hydrogen) atoms. The number of rotatable bonds is 7. The van der Waals surface area contributed by atoms with Gasteiger partial charge in [-0.25, -0.2) is 0 Å². The van der Waals surface area contributed by atoms with Gasteiger partial charge in [0.2, 0.25) is 0 Å². The first-order chi connectivity index (χ1) is 10.2. The molecule has 0 aliphatic carbocycles. The van der Waals surface area contributed by atoms with E-state index in [0.29, 0.717) is 11.6 Å². The van der Waals surface area contributed by atoms with Crippen molar-refractivity contribution in [2.45, 2.75) is 51.8 Å². The largest absolute Gasteiger partial charge is 0.456 e. The number of esters is 1. The first-order valence-electron chi connectivity index (χ1n) is 7.44. The molecule has 0 spiro atoms. The summed E-state index contributed by atoms with van der Waals surface area (Å²) in [5.74, 6) is -0.283. The Hall–Kier alpha value is -1.10. The van der Waals surface area contributed by atoms with E-state index in [-0.39, 0.29) is 24.0 Å². The molecule has 5 heteroatoms. The highest BCUT2D eigenvalue weighted by atomic mass is 35.5. The fourth-order valence-electron chi connectivity index (χ4n) is 2.29. The summed E-state index contributed by atoms with van der Waals surface area (Å²) < 4.78 is 10.6. The lowest BCUT2D eigenvalue weighted by molar-refractivity contribution is -0.152. The number of methoxy groups -OCH3 is 1. The topological polar surface area (TPSA) is 47.6 Å². The molecular formula is C17H26ClNO3. The summed E-state index contributed by atoms with van der Waals surface area (Å²) in [6.07, 6.45) is -0.169. The second-order valence-electron chi connectivity index (χ2n) is 6.39. The van der Waals surface area contributed by atoms with E-state index in [0.717, 1.165) is 5.56 Å². The summed E-state index contributed by atoms with van der Waals surface area (Å²) in [4.78, 5) is 12.0. The zero-order valence-electron chi connectivity index (χ0n) is 14.0. The molecule has 0 saturated carbocycles. The molecule has 0 aromatic heterocycles. The van der Waals surface area contributed by atoms with E-state index in [2.05, 4.69) is 26.1 Å². The van der Waals surface area contributed by atoms with Crippen molar-refractivity contribution < 1.29 is 14.3 Å². The zero-order chi connectivity index (χ0) is 16.8. The Labute approximate surface area is 138 Å². The molecule has 1 N–H and O–H groups in total. The van der Waals surface area contributed by atoms with Crippen LogP contribution in [0.5, 0.6) is 0 Å². The summed E-state index contributed by atoms with van der Waals surface area (Å²) >= 11 is 6.07. The van der Waals surface area contributed by atoms with Crippen molar-refractivity contribution in [1.82, 2.24) is 5.32 Å². The minimum atomic E-state index is -0.401. The predicted octanol–water partition coefficient (Wildman–Crippen LogP) is 3.74. The Kier molecular flexibility index (Phi) is 7.33. The maximum absolute atomic E-state index is 12.0. The minimum absolute atomic E-state index is 0.0510. The third kappa shape index (κ3) is 6.77. The molecule has 0 fully saturated rings. The molecule has 124 valence electrons. The van der Waals surface area contributed by atoms with E-state index in [1.807, 2.05) is 25.1 Å². The molecule has 1 aromatic rings. The van der Waals surface area contributed by atoms with Crippen molar-refractivity contribution in [2.75, 3.05) is 13.7 Å². The predicted molar refractivity (Wildman–Crippen MR) is 89.1 cm³/mol. The van der Waals surface area contributed by atoms with Gasteiger partial charge in [-0.1, -0.05) is 23.7 Å². The van der Waals surface area contributed by atoms with Crippen molar-refractivity contribution in [1.29, 1.82) is 0 Å². The Morgan fingerprint density at radius 2 is 2.05 bits per heavy atom. The third-order valence-electron chi connectivity index (χ3n) is 3.06. The highest BCUT2D eigenvalue weighted by Crippen LogP contribution is 2.26. The molecule has 4 nitrogen and oxygen atoms in total. The van der Waals surface area contributed by atoms with E-state index >= 15 is 0 Å². The first-order valence-corrected chi connectivity index (χ1v) is 7.82. The van der Waals surface area contributed by atoms with Crippen molar-refractivity contribution in [3.05, 3.63) is 34.9 Å². The summed E-state index contributed by atoms with van der Waals surface area (Å²) in [7, 11) is 1.56. The number of nitrogens with one attached hydrogen (secondary N) is 1. The molecule has 2 atom stereocenters. The van der Waals surface area contributed by atoms with Crippen LogP contribution in [0.2, 0.25) is 5.02 Å². The molecule has 0 bridgehead atoms. The molecule has 0 heterocycles. The van der Waals surface area contributed by atoms with Gasteiger partial charge in [0.05, 0.1) is 13.0 Å². The Bertz CT molecular complexity index is 485. The van der Waals surface area contributed by atoms with Gasteiger partial charge in [0.25, 0.3) is 0 Å². The van der Waals surface area contributed by atoms with Gasteiger partial charge in [0.15, 0.2) is 0 Å². The van der Waals surface area contributed by atoms with Crippen LogP contribution in [0.3, 0.4) is 0 Å². The van der Waals surface area contributed by atoms with Gasteiger partial charge < -0.3 is 14.8 Å². The maximum Gasteiger partial charge on any atom is 0.308 e. The minimum Gasteiger partial charge on any atom is -0.456 e. The molecule has 1 aromatic carbocycles. The van der Waals surface area contributed by atoms with Crippen molar-refractivity contribution in [3.63, 3.8) is 0 Å². The second kappa shape index (κ2) is 8.51. The van der Waals surface area contributed by atoms with Gasteiger partial charge in [-0.3, -0.25) is 4.79 Å². The molecular weight excluding hydrogens is 302 g/mol. The first kappa shape index (κ1) is 18.9. The molecule has 1 rings (SSSR count). The van der Waals surface area contributed by atoms with Gasteiger partial charge >= 0.3 is 5.97 Å². The lowest BCUT2D eigenvalue weighted by Gasteiger charge is -2.32. The number of hydrogen-bond acceptors (Lipinski definition) is 4. The van der Waals surface area contributed by atoms with Gasteiger partial charge in [-0.15, -0.1) is 0 Å². The average molecular weight is 328 g/mol. The van der Waals surface area contributed by atoms with E-state index < -0.39 is 6.10 Å². The monoisotopic (exact) mass is 327 g/mol. The number of carbonyl (C=O) groups is 1. The van der Waals surface area contributed by atoms with Crippen LogP contribution in [0.4, 0.5) is 0 Å².